The number of hydrogen-bond acceptors (Lipinski definition) is 7. The van der Waals surface area contributed by atoms with Crippen molar-refractivity contribution in [1.29, 1.82) is 0 Å². The Bertz CT molecular complexity index is 1250. The van der Waals surface area contributed by atoms with E-state index in [0.717, 1.165) is 27.0 Å². The Balaban J connectivity index is 1.85. The van der Waals surface area contributed by atoms with Crippen LogP contribution in [0.3, 0.4) is 0 Å². The van der Waals surface area contributed by atoms with Crippen LogP contribution in [0, 0.1) is 0 Å². The monoisotopic (exact) mass is 519 g/mol. The number of hydrogen-bond donors (Lipinski definition) is 3. The molecule has 11 heteroatoms. The van der Waals surface area contributed by atoms with E-state index >= 15 is 0 Å². The van der Waals surface area contributed by atoms with Crippen LogP contribution in [-0.2, 0) is 4.79 Å². The molecular weight excluding hydrogens is 500 g/mol. The van der Waals surface area contributed by atoms with Gasteiger partial charge in [0.05, 0.1) is 18.4 Å². The summed E-state index contributed by atoms with van der Waals surface area (Å²) >= 11 is 4.91. The minimum atomic E-state index is -1.08. The Morgan fingerprint density at radius 1 is 1.28 bits per heavy atom. The van der Waals surface area contributed by atoms with Crippen molar-refractivity contribution in [1.82, 2.24) is 10.1 Å². The smallest absolute Gasteiger partial charge is 0.341 e. The second-order valence-electron chi connectivity index (χ2n) is 6.81. The van der Waals surface area contributed by atoms with Crippen LogP contribution in [0.2, 0.25) is 0 Å². The van der Waals surface area contributed by atoms with Crippen molar-refractivity contribution >= 4 is 39.3 Å². The largest absolute Gasteiger partial charge is 0.493 e. The zero-order chi connectivity index (χ0) is 22.8. The lowest BCUT2D eigenvalue weighted by Crippen LogP contribution is -2.55. The molecule has 0 unspecified atom stereocenters. The third-order valence-corrected chi connectivity index (χ3v) is 6.01. The van der Waals surface area contributed by atoms with Crippen LogP contribution < -0.4 is 25.0 Å². The quantitative estimate of drug-likeness (QED) is 0.322. The van der Waals surface area contributed by atoms with Gasteiger partial charge in [-0.25, -0.2) is 4.79 Å². The summed E-state index contributed by atoms with van der Waals surface area (Å²) < 4.78 is 13.2. The number of nitrogens with one attached hydrogen (secondary N) is 2. The van der Waals surface area contributed by atoms with Crippen molar-refractivity contribution in [3.05, 3.63) is 56.8 Å². The predicted molar refractivity (Wildman–Crippen MR) is 122 cm³/mol. The third-order valence-electron chi connectivity index (χ3n) is 4.77. The van der Waals surface area contributed by atoms with E-state index in [1.54, 1.807) is 22.9 Å². The van der Waals surface area contributed by atoms with Crippen LogP contribution in [0.4, 0.5) is 5.69 Å². The van der Waals surface area contributed by atoms with E-state index in [9.17, 15) is 9.59 Å². The number of fused-ring (bicyclic) bond motifs is 3. The first-order chi connectivity index (χ1) is 15.4. The summed E-state index contributed by atoms with van der Waals surface area (Å²) in [6.07, 6.45) is -0.500. The molecule has 0 saturated heterocycles. The van der Waals surface area contributed by atoms with E-state index in [1.165, 1.54) is 18.9 Å². The lowest BCUT2D eigenvalue weighted by Gasteiger charge is -2.23. The number of benzene rings is 2. The number of rotatable bonds is 7. The maximum atomic E-state index is 13.1. The maximum Gasteiger partial charge on any atom is 0.341 e. The van der Waals surface area contributed by atoms with Crippen molar-refractivity contribution in [2.45, 2.75) is 18.2 Å². The number of carbonyl (C=O) groups is 1. The number of aliphatic carboxylic acids is 1. The molecule has 32 heavy (non-hydrogen) atoms. The van der Waals surface area contributed by atoms with E-state index in [4.69, 9.17) is 14.6 Å². The molecular formula is C21H20BrN4O5S+. The predicted octanol–water partition coefficient (Wildman–Crippen LogP) is 3.04. The molecule has 0 bridgehead atoms. The van der Waals surface area contributed by atoms with E-state index in [2.05, 4.69) is 31.3 Å². The van der Waals surface area contributed by atoms with Crippen molar-refractivity contribution in [2.24, 2.45) is 0 Å². The molecule has 0 saturated carbocycles. The molecule has 1 aromatic heterocycles. The fourth-order valence-corrected chi connectivity index (χ4v) is 4.40. The highest BCUT2D eigenvalue weighted by atomic mass is 79.9. The molecule has 4 rings (SSSR count). The second kappa shape index (κ2) is 9.21. The van der Waals surface area contributed by atoms with Crippen LogP contribution in [0.15, 0.2) is 50.8 Å². The van der Waals surface area contributed by atoms with E-state index in [-0.39, 0.29) is 5.56 Å². The van der Waals surface area contributed by atoms with Crippen molar-refractivity contribution < 1.29 is 24.1 Å². The summed E-state index contributed by atoms with van der Waals surface area (Å²) in [5.74, 6) is 0.362. The molecule has 2 aromatic carbocycles. The number of halogens is 1. The Kier molecular flexibility index (Phi) is 6.38. The number of aromatic amines is 1. The Hall–Kier alpha value is -3.05. The van der Waals surface area contributed by atoms with Crippen molar-refractivity contribution in [3.8, 4) is 22.8 Å². The summed E-state index contributed by atoms with van der Waals surface area (Å²) in [4.78, 5) is 26.8. The van der Waals surface area contributed by atoms with Crippen LogP contribution in [0.1, 0.15) is 18.7 Å². The molecule has 9 nitrogen and oxygen atoms in total. The molecule has 3 aromatic rings. The summed E-state index contributed by atoms with van der Waals surface area (Å²) in [5, 5.41) is 17.5. The fourth-order valence-electron chi connectivity index (χ4n) is 3.45. The highest BCUT2D eigenvalue weighted by Gasteiger charge is 2.38. The molecule has 1 aliphatic rings. The minimum absolute atomic E-state index is 0.241. The summed E-state index contributed by atoms with van der Waals surface area (Å²) in [7, 11) is 1.48. The van der Waals surface area contributed by atoms with E-state index in [1.807, 2.05) is 25.1 Å². The standard InChI is InChI=1S/C21H19BrN4O5S/c1-3-32-21-24-20(29)18-13-9-12(22)5-6-14(13)23-19(26(18)25-21)11-4-7-15(16(8-11)30-2)31-10-17(27)28/h4-9,19H,3,10H2,1-2H3,(H2,24,25,27,28,29)/p+1/t19-/m0/s1. The molecule has 0 spiro atoms. The van der Waals surface area contributed by atoms with Gasteiger partial charge in [0.25, 0.3) is 6.17 Å². The highest BCUT2D eigenvalue weighted by Crippen LogP contribution is 2.36. The van der Waals surface area contributed by atoms with Gasteiger partial charge in [-0.2, -0.15) is 0 Å². The van der Waals surface area contributed by atoms with Gasteiger partial charge in [-0.1, -0.05) is 34.6 Å². The number of nitrogens with zero attached hydrogens (tertiary/aromatic N) is 2. The van der Waals surface area contributed by atoms with Gasteiger partial charge in [0.15, 0.2) is 18.1 Å². The van der Waals surface area contributed by atoms with Gasteiger partial charge in [-0.05, 0) is 46.8 Å². The van der Waals surface area contributed by atoms with Gasteiger partial charge in [0.1, 0.15) is 0 Å². The number of aromatic nitrogens is 3. The van der Waals surface area contributed by atoms with Crippen molar-refractivity contribution in [3.63, 3.8) is 0 Å². The van der Waals surface area contributed by atoms with Gasteiger partial charge < -0.3 is 19.9 Å². The third kappa shape index (κ3) is 4.30. The first-order valence-corrected chi connectivity index (χ1v) is 11.5. The van der Waals surface area contributed by atoms with E-state index < -0.39 is 18.7 Å². The average Bonchev–Trinajstić information content (AvgIpc) is 2.77. The molecule has 166 valence electrons. The Morgan fingerprint density at radius 3 is 2.81 bits per heavy atom. The lowest BCUT2D eigenvalue weighted by atomic mass is 10.0. The Labute approximate surface area is 195 Å². The topological polar surface area (TPSA) is 117 Å². The second-order valence-corrected chi connectivity index (χ2v) is 8.98. The van der Waals surface area contributed by atoms with Gasteiger partial charge in [-0.15, -0.1) is 0 Å². The van der Waals surface area contributed by atoms with Gasteiger partial charge in [0, 0.05) is 15.1 Å². The Morgan fingerprint density at radius 2 is 2.09 bits per heavy atom. The number of anilines is 1. The SMILES string of the molecule is CCSc1n[n+]2c(c(=O)[nH]1)-c1cc(Br)ccc1N[C@@H]2c1ccc(OCC(=O)O)c(OC)c1. The maximum absolute atomic E-state index is 13.1. The molecule has 0 aliphatic carbocycles. The molecule has 1 aliphatic heterocycles. The first kappa shape index (κ1) is 22.2. The number of methoxy groups -OCH3 is 1. The van der Waals surface area contributed by atoms with Crippen LogP contribution in [0.25, 0.3) is 11.3 Å². The average molecular weight is 520 g/mol. The number of carboxylic acids is 1. The molecule has 0 amide bonds. The van der Waals surface area contributed by atoms with Gasteiger partial charge in [0.2, 0.25) is 5.16 Å². The molecule has 3 N–H and O–H groups in total. The van der Waals surface area contributed by atoms with Crippen molar-refractivity contribution in [2.75, 3.05) is 24.8 Å². The molecule has 1 atom stereocenters. The normalized spacial score (nSPS) is 14.2. The number of ether oxygens (including phenoxy) is 2. The van der Waals surface area contributed by atoms with Gasteiger partial charge >= 0.3 is 17.2 Å². The van der Waals surface area contributed by atoms with Crippen LogP contribution in [-0.4, -0.2) is 40.6 Å². The summed E-state index contributed by atoms with van der Waals surface area (Å²) in [5.41, 5.74) is 2.46. The first-order valence-electron chi connectivity index (χ1n) is 9.69. The zero-order valence-corrected chi connectivity index (χ0v) is 19.6. The number of carboxylic acid groups (broad SMARTS) is 1. The van der Waals surface area contributed by atoms with Crippen LogP contribution >= 0.6 is 27.7 Å². The number of H-pyrrole nitrogens is 1. The number of thioether (sulfide) groups is 1. The minimum Gasteiger partial charge on any atom is -0.493 e. The van der Waals surface area contributed by atoms with Gasteiger partial charge in [-0.3, -0.25) is 9.78 Å². The summed E-state index contributed by atoms with van der Waals surface area (Å²) in [6, 6.07) is 10.8. The fraction of sp³-hybridized carbons (Fsp3) is 0.238. The van der Waals surface area contributed by atoms with Crippen LogP contribution in [0.5, 0.6) is 11.5 Å². The zero-order valence-electron chi connectivity index (χ0n) is 17.2. The summed E-state index contributed by atoms with van der Waals surface area (Å²) in [6.45, 7) is 1.50. The van der Waals surface area contributed by atoms with E-state index in [0.29, 0.717) is 22.3 Å². The molecule has 0 fully saturated rings. The molecule has 2 heterocycles. The lowest BCUT2D eigenvalue weighted by molar-refractivity contribution is -0.759. The highest BCUT2D eigenvalue weighted by molar-refractivity contribution is 9.10. The molecule has 0 radical (unpaired) electrons.